The summed E-state index contributed by atoms with van der Waals surface area (Å²) in [7, 11) is 0. The van der Waals surface area contributed by atoms with E-state index in [0.29, 0.717) is 6.04 Å². The Kier molecular flexibility index (Phi) is 4.98. The number of piperidine rings is 1. The largest absolute Gasteiger partial charge is 0.336 e. The zero-order valence-electron chi connectivity index (χ0n) is 14.9. The van der Waals surface area contributed by atoms with Gasteiger partial charge in [0.15, 0.2) is 5.16 Å². The van der Waals surface area contributed by atoms with Gasteiger partial charge in [0.25, 0.3) is 5.91 Å². The zero-order valence-corrected chi connectivity index (χ0v) is 15.8. The summed E-state index contributed by atoms with van der Waals surface area (Å²) in [5.74, 6) is 0.989. The number of aromatic amines is 1. The molecule has 1 unspecified atom stereocenters. The van der Waals surface area contributed by atoms with Crippen molar-refractivity contribution in [3.05, 3.63) is 59.7 Å². The SMILES string of the molecule is CC1CCCCN1C(=O)c1ccc(CSc2nc3ccccc3[nH]2)cc1. The number of fused-ring (bicyclic) bond motifs is 1. The molecule has 1 atom stereocenters. The highest BCUT2D eigenvalue weighted by atomic mass is 32.2. The minimum Gasteiger partial charge on any atom is -0.336 e. The maximum Gasteiger partial charge on any atom is 0.254 e. The van der Waals surface area contributed by atoms with Crippen molar-refractivity contribution in [1.29, 1.82) is 0 Å². The van der Waals surface area contributed by atoms with E-state index in [0.717, 1.165) is 46.9 Å². The van der Waals surface area contributed by atoms with Crippen LogP contribution in [-0.4, -0.2) is 33.4 Å². The Labute approximate surface area is 158 Å². The maximum atomic E-state index is 12.7. The summed E-state index contributed by atoms with van der Waals surface area (Å²) in [6.45, 7) is 3.03. The Bertz CT molecular complexity index is 870. The molecule has 5 heteroatoms. The van der Waals surface area contributed by atoms with Crippen molar-refractivity contribution in [3.63, 3.8) is 0 Å². The van der Waals surface area contributed by atoms with E-state index in [1.807, 2.05) is 41.3 Å². The molecule has 1 aliphatic rings. The molecule has 4 nitrogen and oxygen atoms in total. The summed E-state index contributed by atoms with van der Waals surface area (Å²) >= 11 is 1.68. The molecular weight excluding hydrogens is 342 g/mol. The Morgan fingerprint density at radius 2 is 2.00 bits per heavy atom. The minimum atomic E-state index is 0.161. The highest BCUT2D eigenvalue weighted by molar-refractivity contribution is 7.98. The van der Waals surface area contributed by atoms with E-state index in [2.05, 4.69) is 29.0 Å². The van der Waals surface area contributed by atoms with Crippen LogP contribution in [0.4, 0.5) is 0 Å². The van der Waals surface area contributed by atoms with Gasteiger partial charge in [-0.1, -0.05) is 36.0 Å². The van der Waals surface area contributed by atoms with Crippen LogP contribution >= 0.6 is 11.8 Å². The Hall–Kier alpha value is -2.27. The molecule has 2 aromatic carbocycles. The monoisotopic (exact) mass is 365 g/mol. The first-order chi connectivity index (χ1) is 12.7. The number of hydrogen-bond donors (Lipinski definition) is 1. The lowest BCUT2D eigenvalue weighted by Gasteiger charge is -2.33. The van der Waals surface area contributed by atoms with Gasteiger partial charge in [-0.15, -0.1) is 0 Å². The molecule has 4 rings (SSSR count). The number of imidazole rings is 1. The second-order valence-corrected chi connectivity index (χ2v) is 7.85. The van der Waals surface area contributed by atoms with Gasteiger partial charge in [-0.05, 0) is 56.0 Å². The number of para-hydroxylation sites is 2. The molecule has 1 fully saturated rings. The molecule has 0 aliphatic carbocycles. The average molecular weight is 366 g/mol. The second-order valence-electron chi connectivity index (χ2n) is 6.89. The van der Waals surface area contributed by atoms with Crippen LogP contribution in [0.25, 0.3) is 11.0 Å². The molecule has 0 saturated carbocycles. The number of amides is 1. The van der Waals surface area contributed by atoms with Crippen molar-refractivity contribution >= 4 is 28.7 Å². The standard InChI is InChI=1S/C21H23N3OS/c1-15-6-4-5-13-24(15)20(25)17-11-9-16(10-12-17)14-26-21-22-18-7-2-3-8-19(18)23-21/h2-3,7-12,15H,4-6,13-14H2,1H3,(H,22,23). The van der Waals surface area contributed by atoms with E-state index in [9.17, 15) is 4.79 Å². The molecule has 0 bridgehead atoms. The number of carbonyl (C=O) groups excluding carboxylic acids is 1. The Balaban J connectivity index is 1.40. The summed E-state index contributed by atoms with van der Waals surface area (Å²) in [4.78, 5) is 22.6. The number of likely N-dealkylation sites (tertiary alicyclic amines) is 1. The lowest BCUT2D eigenvalue weighted by atomic mass is 10.0. The predicted octanol–water partition coefficient (Wildman–Crippen LogP) is 4.87. The van der Waals surface area contributed by atoms with Gasteiger partial charge in [-0.2, -0.15) is 0 Å². The molecule has 0 radical (unpaired) electrons. The molecule has 26 heavy (non-hydrogen) atoms. The van der Waals surface area contributed by atoms with Gasteiger partial charge in [0.1, 0.15) is 0 Å². The summed E-state index contributed by atoms with van der Waals surface area (Å²) in [5, 5.41) is 0.925. The van der Waals surface area contributed by atoms with E-state index in [1.165, 1.54) is 12.0 Å². The van der Waals surface area contributed by atoms with Crippen LogP contribution in [0.5, 0.6) is 0 Å². The number of nitrogens with one attached hydrogen (secondary N) is 1. The molecule has 0 spiro atoms. The smallest absolute Gasteiger partial charge is 0.254 e. The van der Waals surface area contributed by atoms with Gasteiger partial charge in [0, 0.05) is 23.9 Å². The van der Waals surface area contributed by atoms with E-state index in [1.54, 1.807) is 11.8 Å². The van der Waals surface area contributed by atoms with Crippen molar-refractivity contribution in [2.24, 2.45) is 0 Å². The topological polar surface area (TPSA) is 49.0 Å². The highest BCUT2D eigenvalue weighted by Gasteiger charge is 2.23. The zero-order chi connectivity index (χ0) is 17.9. The lowest BCUT2D eigenvalue weighted by Crippen LogP contribution is -2.42. The summed E-state index contributed by atoms with van der Waals surface area (Å²) < 4.78 is 0. The quantitative estimate of drug-likeness (QED) is 0.671. The number of carbonyl (C=O) groups is 1. The third kappa shape index (κ3) is 3.63. The number of benzene rings is 2. The number of H-pyrrole nitrogens is 1. The van der Waals surface area contributed by atoms with E-state index in [-0.39, 0.29) is 5.91 Å². The molecule has 134 valence electrons. The van der Waals surface area contributed by atoms with Gasteiger partial charge in [-0.3, -0.25) is 4.79 Å². The molecule has 1 aliphatic heterocycles. The Morgan fingerprint density at radius 1 is 1.19 bits per heavy atom. The van der Waals surface area contributed by atoms with Crippen molar-refractivity contribution in [2.75, 3.05) is 6.54 Å². The van der Waals surface area contributed by atoms with Gasteiger partial charge in [0.05, 0.1) is 11.0 Å². The first-order valence-electron chi connectivity index (χ1n) is 9.18. The van der Waals surface area contributed by atoms with Crippen molar-refractivity contribution in [1.82, 2.24) is 14.9 Å². The molecule has 1 N–H and O–H groups in total. The first-order valence-corrected chi connectivity index (χ1v) is 10.2. The fraction of sp³-hybridized carbons (Fsp3) is 0.333. The van der Waals surface area contributed by atoms with Crippen molar-refractivity contribution < 1.29 is 4.79 Å². The average Bonchev–Trinajstić information content (AvgIpc) is 3.10. The molecule has 1 saturated heterocycles. The van der Waals surface area contributed by atoms with Crippen molar-refractivity contribution in [3.8, 4) is 0 Å². The molecule has 3 aromatic rings. The van der Waals surface area contributed by atoms with Gasteiger partial charge >= 0.3 is 0 Å². The minimum absolute atomic E-state index is 0.161. The number of hydrogen-bond acceptors (Lipinski definition) is 3. The van der Waals surface area contributed by atoms with E-state index in [4.69, 9.17) is 0 Å². The third-order valence-corrected chi connectivity index (χ3v) is 5.95. The lowest BCUT2D eigenvalue weighted by molar-refractivity contribution is 0.0635. The van der Waals surface area contributed by atoms with Gasteiger partial charge in [-0.25, -0.2) is 4.98 Å². The summed E-state index contributed by atoms with van der Waals surface area (Å²) in [6, 6.07) is 16.4. The third-order valence-electron chi connectivity index (χ3n) is 5.01. The second kappa shape index (κ2) is 7.54. The first kappa shape index (κ1) is 17.2. The predicted molar refractivity (Wildman–Crippen MR) is 106 cm³/mol. The van der Waals surface area contributed by atoms with Crippen LogP contribution in [0.15, 0.2) is 53.7 Å². The number of aromatic nitrogens is 2. The molecule has 2 heterocycles. The van der Waals surface area contributed by atoms with Crippen LogP contribution in [0.1, 0.15) is 42.1 Å². The fourth-order valence-electron chi connectivity index (χ4n) is 3.46. The normalized spacial score (nSPS) is 17.6. The van der Waals surface area contributed by atoms with Crippen LogP contribution in [0.2, 0.25) is 0 Å². The van der Waals surface area contributed by atoms with Gasteiger partial charge < -0.3 is 9.88 Å². The summed E-state index contributed by atoms with van der Waals surface area (Å²) in [5.41, 5.74) is 4.04. The molecular formula is C21H23N3OS. The number of rotatable bonds is 4. The van der Waals surface area contributed by atoms with E-state index >= 15 is 0 Å². The molecule has 1 aromatic heterocycles. The van der Waals surface area contributed by atoms with Crippen LogP contribution < -0.4 is 0 Å². The van der Waals surface area contributed by atoms with Crippen LogP contribution in [0, 0.1) is 0 Å². The van der Waals surface area contributed by atoms with Crippen molar-refractivity contribution in [2.45, 2.75) is 43.1 Å². The van der Waals surface area contributed by atoms with Crippen LogP contribution in [-0.2, 0) is 5.75 Å². The highest BCUT2D eigenvalue weighted by Crippen LogP contribution is 2.24. The van der Waals surface area contributed by atoms with E-state index < -0.39 is 0 Å². The van der Waals surface area contributed by atoms with Gasteiger partial charge in [0.2, 0.25) is 0 Å². The number of nitrogens with zero attached hydrogens (tertiary/aromatic N) is 2. The van der Waals surface area contributed by atoms with Crippen LogP contribution in [0.3, 0.4) is 0 Å². The Morgan fingerprint density at radius 3 is 2.77 bits per heavy atom. The summed E-state index contributed by atoms with van der Waals surface area (Å²) in [6.07, 6.45) is 3.45. The number of thioether (sulfide) groups is 1. The maximum absolute atomic E-state index is 12.7. The molecule has 1 amide bonds. The fourth-order valence-corrected chi connectivity index (χ4v) is 4.30.